The first-order valence-corrected chi connectivity index (χ1v) is 4.78. The molecule has 0 aliphatic carbocycles. The fourth-order valence-corrected chi connectivity index (χ4v) is 1.05. The lowest BCUT2D eigenvalue weighted by Gasteiger charge is -2.14. The van der Waals surface area contributed by atoms with Crippen LogP contribution in [0.15, 0.2) is 12.4 Å². The van der Waals surface area contributed by atoms with Crippen LogP contribution in [0.25, 0.3) is 0 Å². The number of rotatable bonds is 1. The van der Waals surface area contributed by atoms with Crippen LogP contribution in [0.5, 0.6) is 0 Å². The van der Waals surface area contributed by atoms with Crippen LogP contribution in [-0.2, 0) is 5.41 Å². The molecule has 0 atom stereocenters. The van der Waals surface area contributed by atoms with Gasteiger partial charge in [0.05, 0.1) is 6.20 Å². The number of amides is 1. The van der Waals surface area contributed by atoms with Crippen LogP contribution in [0, 0.1) is 0 Å². The minimum atomic E-state index is -0.178. The maximum absolute atomic E-state index is 11.4. The molecule has 4 heteroatoms. The fourth-order valence-electron chi connectivity index (χ4n) is 1.05. The van der Waals surface area contributed by atoms with Crippen LogP contribution >= 0.6 is 0 Å². The zero-order valence-electron chi connectivity index (χ0n) is 9.16. The highest BCUT2D eigenvalue weighted by atomic mass is 16.2. The molecular weight excluding hydrogens is 178 g/mol. The summed E-state index contributed by atoms with van der Waals surface area (Å²) in [4.78, 5) is 11.4. The third kappa shape index (κ3) is 2.34. The molecule has 0 aliphatic rings. The second-order valence-electron chi connectivity index (χ2n) is 4.26. The van der Waals surface area contributed by atoms with Gasteiger partial charge in [-0.2, -0.15) is 9.78 Å². The van der Waals surface area contributed by atoms with E-state index < -0.39 is 0 Å². The number of hydrogen-bond acceptors (Lipinski definition) is 2. The Morgan fingerprint density at radius 1 is 1.57 bits per heavy atom. The summed E-state index contributed by atoms with van der Waals surface area (Å²) < 4.78 is 1.34. The lowest BCUT2D eigenvalue weighted by atomic mass is 9.90. The molecule has 0 radical (unpaired) electrons. The van der Waals surface area contributed by atoms with Crippen LogP contribution in [0.1, 0.15) is 33.3 Å². The molecule has 4 nitrogen and oxygen atoms in total. The molecule has 0 spiro atoms. The van der Waals surface area contributed by atoms with Gasteiger partial charge in [-0.05, 0) is 17.9 Å². The summed E-state index contributed by atoms with van der Waals surface area (Å²) in [5, 5.41) is 6.69. The minimum Gasteiger partial charge on any atom is -0.336 e. The van der Waals surface area contributed by atoms with E-state index in [-0.39, 0.29) is 11.4 Å². The number of nitrogens with zero attached hydrogens (tertiary/aromatic N) is 2. The normalized spacial score (nSPS) is 11.4. The van der Waals surface area contributed by atoms with E-state index in [4.69, 9.17) is 0 Å². The summed E-state index contributed by atoms with van der Waals surface area (Å²) in [7, 11) is 0. The third-order valence-electron chi connectivity index (χ3n) is 1.98. The molecule has 0 saturated heterocycles. The van der Waals surface area contributed by atoms with Gasteiger partial charge in [-0.25, -0.2) is 4.79 Å². The lowest BCUT2D eigenvalue weighted by molar-refractivity contribution is 0.240. The SMILES string of the molecule is CCNC(=O)n1cc(C(C)(C)C)cn1. The largest absolute Gasteiger partial charge is 0.342 e. The van der Waals surface area contributed by atoms with Crippen molar-refractivity contribution in [2.75, 3.05) is 6.54 Å². The second kappa shape index (κ2) is 3.82. The zero-order chi connectivity index (χ0) is 10.8. The van der Waals surface area contributed by atoms with Crippen molar-refractivity contribution in [3.05, 3.63) is 18.0 Å². The first-order valence-electron chi connectivity index (χ1n) is 4.78. The maximum Gasteiger partial charge on any atom is 0.342 e. The van der Waals surface area contributed by atoms with Gasteiger partial charge in [0.25, 0.3) is 0 Å². The van der Waals surface area contributed by atoms with Gasteiger partial charge in [0.2, 0.25) is 0 Å². The van der Waals surface area contributed by atoms with Crippen LogP contribution < -0.4 is 5.32 Å². The lowest BCUT2D eigenvalue weighted by Crippen LogP contribution is -2.28. The number of carbonyl (C=O) groups excluding carboxylic acids is 1. The molecule has 14 heavy (non-hydrogen) atoms. The van der Waals surface area contributed by atoms with Crippen molar-refractivity contribution < 1.29 is 4.79 Å². The Kier molecular flexibility index (Phi) is 2.93. The number of nitrogens with one attached hydrogen (secondary N) is 1. The van der Waals surface area contributed by atoms with Gasteiger partial charge in [-0.3, -0.25) is 0 Å². The van der Waals surface area contributed by atoms with Crippen LogP contribution in [0.2, 0.25) is 0 Å². The molecule has 1 aromatic heterocycles. The fraction of sp³-hybridized carbons (Fsp3) is 0.600. The maximum atomic E-state index is 11.4. The van der Waals surface area contributed by atoms with Gasteiger partial charge >= 0.3 is 6.03 Å². The molecule has 0 saturated carbocycles. The quantitative estimate of drug-likeness (QED) is 0.742. The van der Waals surface area contributed by atoms with E-state index in [9.17, 15) is 4.79 Å². The molecule has 1 N–H and O–H groups in total. The number of carbonyl (C=O) groups is 1. The van der Waals surface area contributed by atoms with E-state index in [2.05, 4.69) is 31.2 Å². The van der Waals surface area contributed by atoms with Gasteiger partial charge in [0.1, 0.15) is 0 Å². The summed E-state index contributed by atoms with van der Waals surface area (Å²) >= 11 is 0. The average molecular weight is 195 g/mol. The van der Waals surface area contributed by atoms with Crippen molar-refractivity contribution in [2.45, 2.75) is 33.1 Å². The molecule has 0 unspecified atom stereocenters. The van der Waals surface area contributed by atoms with Crippen molar-refractivity contribution in [3.63, 3.8) is 0 Å². The molecular formula is C10H17N3O. The highest BCUT2D eigenvalue weighted by molar-refractivity contribution is 5.75. The first kappa shape index (κ1) is 10.8. The Morgan fingerprint density at radius 3 is 2.64 bits per heavy atom. The van der Waals surface area contributed by atoms with E-state index in [0.29, 0.717) is 6.54 Å². The van der Waals surface area contributed by atoms with Crippen LogP contribution in [0.3, 0.4) is 0 Å². The van der Waals surface area contributed by atoms with Crippen LogP contribution in [0.4, 0.5) is 4.79 Å². The van der Waals surface area contributed by atoms with E-state index in [1.165, 1.54) is 4.68 Å². The summed E-state index contributed by atoms with van der Waals surface area (Å²) in [5.41, 5.74) is 1.09. The molecule has 78 valence electrons. The molecule has 0 aromatic carbocycles. The van der Waals surface area contributed by atoms with Crippen molar-refractivity contribution in [3.8, 4) is 0 Å². The Balaban J connectivity index is 2.83. The van der Waals surface area contributed by atoms with E-state index in [0.717, 1.165) is 5.56 Å². The Hall–Kier alpha value is -1.32. The highest BCUT2D eigenvalue weighted by Gasteiger charge is 2.17. The Labute approximate surface area is 84.3 Å². The van der Waals surface area contributed by atoms with Crippen molar-refractivity contribution in [1.82, 2.24) is 15.1 Å². The molecule has 0 aliphatic heterocycles. The summed E-state index contributed by atoms with van der Waals surface area (Å²) in [6.07, 6.45) is 3.50. The highest BCUT2D eigenvalue weighted by Crippen LogP contribution is 2.20. The van der Waals surface area contributed by atoms with Gasteiger partial charge in [-0.1, -0.05) is 20.8 Å². The van der Waals surface area contributed by atoms with Crippen molar-refractivity contribution in [1.29, 1.82) is 0 Å². The van der Waals surface area contributed by atoms with E-state index in [1.54, 1.807) is 12.4 Å². The molecule has 1 amide bonds. The van der Waals surface area contributed by atoms with Gasteiger partial charge in [0, 0.05) is 12.7 Å². The van der Waals surface area contributed by atoms with Crippen molar-refractivity contribution >= 4 is 6.03 Å². The summed E-state index contributed by atoms with van der Waals surface area (Å²) in [5.74, 6) is 0. The summed E-state index contributed by atoms with van der Waals surface area (Å²) in [6.45, 7) is 8.76. The second-order valence-corrected chi connectivity index (χ2v) is 4.26. The van der Waals surface area contributed by atoms with E-state index >= 15 is 0 Å². The van der Waals surface area contributed by atoms with E-state index in [1.807, 2.05) is 6.92 Å². The summed E-state index contributed by atoms with van der Waals surface area (Å²) in [6, 6.07) is -0.178. The minimum absolute atomic E-state index is 0.0325. The Bertz CT molecular complexity index is 322. The standard InChI is InChI=1S/C10H17N3O/c1-5-11-9(14)13-7-8(6-12-13)10(2,3)4/h6-7H,5H2,1-4H3,(H,11,14). The molecule has 1 rings (SSSR count). The first-order chi connectivity index (χ1) is 6.45. The topological polar surface area (TPSA) is 46.9 Å². The van der Waals surface area contributed by atoms with Gasteiger partial charge in [0.15, 0.2) is 0 Å². The number of aromatic nitrogens is 2. The zero-order valence-corrected chi connectivity index (χ0v) is 9.16. The molecule has 0 bridgehead atoms. The number of hydrogen-bond donors (Lipinski definition) is 1. The molecule has 1 heterocycles. The van der Waals surface area contributed by atoms with Gasteiger partial charge in [-0.15, -0.1) is 0 Å². The Morgan fingerprint density at radius 2 is 2.21 bits per heavy atom. The van der Waals surface area contributed by atoms with Crippen molar-refractivity contribution in [2.24, 2.45) is 0 Å². The monoisotopic (exact) mass is 195 g/mol. The third-order valence-corrected chi connectivity index (χ3v) is 1.98. The predicted octanol–water partition coefficient (Wildman–Crippen LogP) is 1.76. The van der Waals surface area contributed by atoms with Gasteiger partial charge < -0.3 is 5.32 Å². The average Bonchev–Trinajstić information content (AvgIpc) is 2.51. The van der Waals surface area contributed by atoms with Crippen LogP contribution in [-0.4, -0.2) is 22.4 Å². The predicted molar refractivity (Wildman–Crippen MR) is 55.4 cm³/mol. The molecule has 0 fully saturated rings. The molecule has 1 aromatic rings. The smallest absolute Gasteiger partial charge is 0.336 e.